The summed E-state index contributed by atoms with van der Waals surface area (Å²) >= 11 is 5.82. The monoisotopic (exact) mass is 348 g/mol. The molecule has 1 heterocycles. The molecular weight excluding hydrogens is 332 g/mol. The van der Waals surface area contributed by atoms with Crippen molar-refractivity contribution in [2.24, 2.45) is 0 Å². The molecule has 0 aliphatic carbocycles. The van der Waals surface area contributed by atoms with Gasteiger partial charge in [-0.2, -0.15) is 0 Å². The molecule has 0 atom stereocenters. The summed E-state index contributed by atoms with van der Waals surface area (Å²) in [6.07, 6.45) is 0. The molecule has 0 saturated carbocycles. The van der Waals surface area contributed by atoms with Crippen molar-refractivity contribution in [3.63, 3.8) is 0 Å². The van der Waals surface area contributed by atoms with E-state index in [4.69, 9.17) is 11.6 Å². The second kappa shape index (κ2) is 6.35. The fourth-order valence-electron chi connectivity index (χ4n) is 2.60. The van der Waals surface area contributed by atoms with Crippen LogP contribution in [0.25, 0.3) is 10.9 Å². The van der Waals surface area contributed by atoms with Gasteiger partial charge in [0.2, 0.25) is 10.0 Å². The van der Waals surface area contributed by atoms with Crippen molar-refractivity contribution in [2.45, 2.75) is 19.2 Å². The molecule has 0 saturated heterocycles. The molecule has 0 bridgehead atoms. The van der Waals surface area contributed by atoms with Gasteiger partial charge in [0.25, 0.3) is 0 Å². The molecule has 0 aliphatic heterocycles. The van der Waals surface area contributed by atoms with E-state index in [2.05, 4.69) is 9.71 Å². The summed E-state index contributed by atoms with van der Waals surface area (Å²) in [5.41, 5.74) is 3.66. The Morgan fingerprint density at radius 2 is 1.78 bits per heavy atom. The van der Waals surface area contributed by atoms with Crippen LogP contribution in [0.4, 0.5) is 0 Å². The number of benzene rings is 2. The quantitative estimate of drug-likeness (QED) is 0.737. The van der Waals surface area contributed by atoms with E-state index >= 15 is 0 Å². The second-order valence-electron chi connectivity index (χ2n) is 5.48. The number of H-pyrrole nitrogens is 1. The van der Waals surface area contributed by atoms with Crippen molar-refractivity contribution in [2.75, 3.05) is 0 Å². The van der Waals surface area contributed by atoms with Crippen LogP contribution in [-0.2, 0) is 22.3 Å². The van der Waals surface area contributed by atoms with Crippen molar-refractivity contribution >= 4 is 32.5 Å². The zero-order valence-corrected chi connectivity index (χ0v) is 14.2. The Balaban J connectivity index is 1.76. The van der Waals surface area contributed by atoms with Gasteiger partial charge in [0.1, 0.15) is 0 Å². The van der Waals surface area contributed by atoms with Crippen LogP contribution in [0, 0.1) is 6.92 Å². The first kappa shape index (κ1) is 16.1. The van der Waals surface area contributed by atoms with Gasteiger partial charge in [0, 0.05) is 28.2 Å². The molecule has 3 aromatic rings. The van der Waals surface area contributed by atoms with Gasteiger partial charge in [-0.25, -0.2) is 13.1 Å². The Hall–Kier alpha value is -1.82. The van der Waals surface area contributed by atoms with Crippen molar-refractivity contribution in [3.05, 3.63) is 70.4 Å². The molecule has 120 valence electrons. The number of nitrogens with one attached hydrogen (secondary N) is 2. The van der Waals surface area contributed by atoms with Crippen molar-refractivity contribution in [3.8, 4) is 0 Å². The summed E-state index contributed by atoms with van der Waals surface area (Å²) in [5.74, 6) is -0.0639. The lowest BCUT2D eigenvalue weighted by Crippen LogP contribution is -2.24. The first-order valence-electron chi connectivity index (χ1n) is 7.22. The van der Waals surface area contributed by atoms with Crippen LogP contribution >= 0.6 is 11.6 Å². The first-order chi connectivity index (χ1) is 10.9. The number of aryl methyl sites for hydroxylation is 1. The van der Waals surface area contributed by atoms with Gasteiger partial charge in [-0.3, -0.25) is 0 Å². The molecule has 3 rings (SSSR count). The van der Waals surface area contributed by atoms with Gasteiger partial charge in [-0.05, 0) is 36.2 Å². The predicted molar refractivity (Wildman–Crippen MR) is 94.0 cm³/mol. The topological polar surface area (TPSA) is 62.0 Å². The van der Waals surface area contributed by atoms with Crippen LogP contribution < -0.4 is 4.72 Å². The summed E-state index contributed by atoms with van der Waals surface area (Å²) in [7, 11) is -3.42. The number of rotatable bonds is 5. The highest BCUT2D eigenvalue weighted by atomic mass is 35.5. The largest absolute Gasteiger partial charge is 0.358 e. The van der Waals surface area contributed by atoms with Crippen LogP contribution in [0.1, 0.15) is 16.8 Å². The maximum Gasteiger partial charge on any atom is 0.216 e. The van der Waals surface area contributed by atoms with Crippen molar-refractivity contribution in [1.82, 2.24) is 9.71 Å². The standard InChI is InChI=1S/C17H17ClN2O2S/c1-12-16(15-4-2-3-5-17(15)20-12)10-19-23(21,22)11-13-6-8-14(18)9-7-13/h2-9,19-20H,10-11H2,1H3. The van der Waals surface area contributed by atoms with E-state index in [-0.39, 0.29) is 12.3 Å². The average Bonchev–Trinajstić information content (AvgIpc) is 2.83. The maximum absolute atomic E-state index is 12.3. The van der Waals surface area contributed by atoms with Gasteiger partial charge in [0.05, 0.1) is 5.75 Å². The average molecular weight is 349 g/mol. The Morgan fingerprint density at radius 3 is 2.52 bits per heavy atom. The minimum atomic E-state index is -3.42. The predicted octanol–water partition coefficient (Wildman–Crippen LogP) is 3.75. The normalized spacial score (nSPS) is 11.9. The van der Waals surface area contributed by atoms with E-state index in [1.807, 2.05) is 31.2 Å². The third kappa shape index (κ3) is 3.75. The van der Waals surface area contributed by atoms with Crippen molar-refractivity contribution < 1.29 is 8.42 Å². The summed E-state index contributed by atoms with van der Waals surface area (Å²) in [6.45, 7) is 2.22. The lowest BCUT2D eigenvalue weighted by Gasteiger charge is -2.07. The lowest BCUT2D eigenvalue weighted by molar-refractivity contribution is 0.580. The second-order valence-corrected chi connectivity index (χ2v) is 7.72. The third-order valence-electron chi connectivity index (χ3n) is 3.77. The highest BCUT2D eigenvalue weighted by Crippen LogP contribution is 2.22. The van der Waals surface area contributed by atoms with Crippen LogP contribution in [0.15, 0.2) is 48.5 Å². The number of fused-ring (bicyclic) bond motifs is 1. The Bertz CT molecular complexity index is 931. The molecule has 6 heteroatoms. The molecule has 0 radical (unpaired) electrons. The van der Waals surface area contributed by atoms with Crippen LogP contribution in [-0.4, -0.2) is 13.4 Å². The molecule has 0 fully saturated rings. The molecule has 2 aromatic carbocycles. The Labute approximate surface area is 140 Å². The molecule has 23 heavy (non-hydrogen) atoms. The number of aromatic nitrogens is 1. The van der Waals surface area contributed by atoms with Gasteiger partial charge < -0.3 is 4.98 Å². The van der Waals surface area contributed by atoms with Gasteiger partial charge >= 0.3 is 0 Å². The molecule has 0 amide bonds. The van der Waals surface area contributed by atoms with E-state index in [1.54, 1.807) is 24.3 Å². The Morgan fingerprint density at radius 1 is 1.09 bits per heavy atom. The summed E-state index contributed by atoms with van der Waals surface area (Å²) in [5, 5.41) is 1.63. The number of halogens is 1. The number of hydrogen-bond donors (Lipinski definition) is 2. The fourth-order valence-corrected chi connectivity index (χ4v) is 3.82. The number of sulfonamides is 1. The third-order valence-corrected chi connectivity index (χ3v) is 5.32. The van der Waals surface area contributed by atoms with E-state index in [1.165, 1.54) is 0 Å². The smallest absolute Gasteiger partial charge is 0.216 e. The van der Waals surface area contributed by atoms with Gasteiger partial charge in [-0.15, -0.1) is 0 Å². The SMILES string of the molecule is Cc1[nH]c2ccccc2c1CNS(=O)(=O)Cc1ccc(Cl)cc1. The lowest BCUT2D eigenvalue weighted by atomic mass is 10.1. The fraction of sp³-hybridized carbons (Fsp3) is 0.176. The van der Waals surface area contributed by atoms with Crippen LogP contribution in [0.2, 0.25) is 5.02 Å². The highest BCUT2D eigenvalue weighted by molar-refractivity contribution is 7.88. The molecule has 4 nitrogen and oxygen atoms in total. The van der Waals surface area contributed by atoms with Crippen molar-refractivity contribution in [1.29, 1.82) is 0 Å². The van der Waals surface area contributed by atoms with Gasteiger partial charge in [0.15, 0.2) is 0 Å². The molecule has 0 aliphatic rings. The van der Waals surface area contributed by atoms with Crippen LogP contribution in [0.5, 0.6) is 0 Å². The minimum Gasteiger partial charge on any atom is -0.358 e. The summed E-state index contributed by atoms with van der Waals surface area (Å²) < 4.78 is 27.2. The summed E-state index contributed by atoms with van der Waals surface area (Å²) in [6, 6.07) is 14.7. The number of aromatic amines is 1. The Kier molecular flexibility index (Phi) is 4.43. The number of hydrogen-bond acceptors (Lipinski definition) is 2. The van der Waals surface area contributed by atoms with Gasteiger partial charge in [-0.1, -0.05) is 41.9 Å². The molecule has 2 N–H and O–H groups in total. The van der Waals surface area contributed by atoms with E-state index in [9.17, 15) is 8.42 Å². The zero-order chi connectivity index (χ0) is 16.4. The van der Waals surface area contributed by atoms with E-state index in [0.717, 1.165) is 22.2 Å². The summed E-state index contributed by atoms with van der Waals surface area (Å²) in [4.78, 5) is 3.27. The maximum atomic E-state index is 12.3. The number of para-hydroxylation sites is 1. The molecular formula is C17H17ClN2O2S. The van der Waals surface area contributed by atoms with E-state index in [0.29, 0.717) is 10.6 Å². The first-order valence-corrected chi connectivity index (χ1v) is 9.25. The molecule has 0 spiro atoms. The highest BCUT2D eigenvalue weighted by Gasteiger charge is 2.14. The molecule has 1 aromatic heterocycles. The minimum absolute atomic E-state index is 0.0639. The zero-order valence-electron chi connectivity index (χ0n) is 12.6. The molecule has 0 unspecified atom stereocenters. The van der Waals surface area contributed by atoms with E-state index < -0.39 is 10.0 Å². The van der Waals surface area contributed by atoms with Crippen LogP contribution in [0.3, 0.4) is 0 Å².